The van der Waals surface area contributed by atoms with Crippen LogP contribution in [0.2, 0.25) is 0 Å². The van der Waals surface area contributed by atoms with Crippen molar-refractivity contribution in [2.24, 2.45) is 0 Å². The summed E-state index contributed by atoms with van der Waals surface area (Å²) in [6, 6.07) is 19.1. The van der Waals surface area contributed by atoms with Gasteiger partial charge >= 0.3 is 0 Å². The number of aliphatic hydroxyl groups excluding tert-OH is 1. The van der Waals surface area contributed by atoms with E-state index in [1.165, 1.54) is 16.5 Å². The second kappa shape index (κ2) is 5.08. The topological polar surface area (TPSA) is 37.3 Å². The van der Waals surface area contributed by atoms with Gasteiger partial charge in [-0.2, -0.15) is 0 Å². The molecule has 2 heteroatoms. The normalized spacial score (nSPS) is 14.2. The average Bonchev–Trinajstić information content (AvgIpc) is 3.00. The van der Waals surface area contributed by atoms with Crippen LogP contribution in [0.3, 0.4) is 0 Å². The zero-order valence-corrected chi connectivity index (χ0v) is 12.1. The Labute approximate surface area is 129 Å². The molecule has 0 aromatic heterocycles. The molecule has 0 aliphatic heterocycles. The first-order valence-corrected chi connectivity index (χ1v) is 7.56. The van der Waals surface area contributed by atoms with Crippen LogP contribution >= 0.6 is 0 Å². The molecule has 1 atom stereocenters. The van der Waals surface area contributed by atoms with E-state index in [9.17, 15) is 9.90 Å². The van der Waals surface area contributed by atoms with Gasteiger partial charge in [-0.25, -0.2) is 0 Å². The summed E-state index contributed by atoms with van der Waals surface area (Å²) in [5.74, 6) is -0.234. The maximum absolute atomic E-state index is 12.8. The summed E-state index contributed by atoms with van der Waals surface area (Å²) >= 11 is 0. The number of hydrogen-bond acceptors (Lipinski definition) is 2. The summed E-state index contributed by atoms with van der Waals surface area (Å²) in [5.41, 5.74) is 3.85. The molecule has 22 heavy (non-hydrogen) atoms. The number of aliphatic hydroxyl groups is 1. The van der Waals surface area contributed by atoms with Crippen molar-refractivity contribution in [3.63, 3.8) is 0 Å². The van der Waals surface area contributed by atoms with Gasteiger partial charge in [-0.15, -0.1) is 0 Å². The monoisotopic (exact) mass is 288 g/mol. The fourth-order valence-corrected chi connectivity index (χ4v) is 3.40. The standard InChI is InChI=1S/C20H16O2/c21-19(15-5-2-1-3-6-15)20(22)17-12-11-14-10-9-13-7-4-8-16(17)18(13)14/h1-8,11-12,19,21H,9-10H2. The van der Waals surface area contributed by atoms with Crippen molar-refractivity contribution >= 4 is 16.6 Å². The number of Topliss-reactive ketones (excluding diaryl/α,β-unsaturated/α-hetero) is 1. The van der Waals surface area contributed by atoms with E-state index >= 15 is 0 Å². The largest absolute Gasteiger partial charge is 0.380 e. The molecule has 0 heterocycles. The van der Waals surface area contributed by atoms with Crippen molar-refractivity contribution in [2.75, 3.05) is 0 Å². The fourth-order valence-electron chi connectivity index (χ4n) is 3.40. The lowest BCUT2D eigenvalue weighted by atomic mass is 9.93. The Bertz CT molecular complexity index is 855. The van der Waals surface area contributed by atoms with Crippen molar-refractivity contribution in [2.45, 2.75) is 18.9 Å². The van der Waals surface area contributed by atoms with Gasteiger partial charge in [-0.1, -0.05) is 60.7 Å². The Kier molecular flexibility index (Phi) is 3.05. The number of carbonyl (C=O) groups excluding carboxylic acids is 1. The number of carbonyl (C=O) groups is 1. The molecule has 0 amide bonds. The van der Waals surface area contributed by atoms with Crippen LogP contribution in [0.5, 0.6) is 0 Å². The lowest BCUT2D eigenvalue weighted by Gasteiger charge is -2.13. The minimum atomic E-state index is -1.11. The molecule has 108 valence electrons. The Morgan fingerprint density at radius 3 is 2.36 bits per heavy atom. The molecule has 1 N–H and O–H groups in total. The second-order valence-electron chi connectivity index (χ2n) is 5.79. The molecule has 0 saturated carbocycles. The van der Waals surface area contributed by atoms with Crippen LogP contribution in [0.1, 0.15) is 33.2 Å². The van der Waals surface area contributed by atoms with Crippen molar-refractivity contribution < 1.29 is 9.90 Å². The molecule has 0 fully saturated rings. The molecular formula is C20H16O2. The second-order valence-corrected chi connectivity index (χ2v) is 5.79. The van der Waals surface area contributed by atoms with Crippen LogP contribution in [-0.2, 0) is 12.8 Å². The first-order valence-electron chi connectivity index (χ1n) is 7.56. The van der Waals surface area contributed by atoms with Crippen LogP contribution in [-0.4, -0.2) is 10.9 Å². The Balaban J connectivity index is 1.84. The van der Waals surface area contributed by atoms with Crippen LogP contribution in [0.25, 0.3) is 10.8 Å². The van der Waals surface area contributed by atoms with Crippen molar-refractivity contribution in [3.8, 4) is 0 Å². The minimum absolute atomic E-state index is 0.234. The van der Waals surface area contributed by atoms with E-state index in [1.807, 2.05) is 42.5 Å². The molecule has 0 bridgehead atoms. The highest BCUT2D eigenvalue weighted by atomic mass is 16.3. The molecule has 3 aromatic rings. The molecule has 1 aliphatic rings. The maximum Gasteiger partial charge on any atom is 0.196 e. The summed E-state index contributed by atoms with van der Waals surface area (Å²) in [6.07, 6.45) is 0.955. The van der Waals surface area contributed by atoms with Gasteiger partial charge in [-0.05, 0) is 40.3 Å². The van der Waals surface area contributed by atoms with E-state index in [1.54, 1.807) is 12.1 Å². The first-order chi connectivity index (χ1) is 10.8. The zero-order valence-electron chi connectivity index (χ0n) is 12.1. The molecule has 3 aromatic carbocycles. The fraction of sp³-hybridized carbons (Fsp3) is 0.150. The number of rotatable bonds is 3. The van der Waals surface area contributed by atoms with Crippen molar-refractivity contribution in [1.29, 1.82) is 0 Å². The Hall–Kier alpha value is -2.45. The minimum Gasteiger partial charge on any atom is -0.380 e. The van der Waals surface area contributed by atoms with Gasteiger partial charge in [0.15, 0.2) is 5.78 Å². The van der Waals surface area contributed by atoms with E-state index < -0.39 is 6.10 Å². The highest BCUT2D eigenvalue weighted by molar-refractivity contribution is 6.11. The van der Waals surface area contributed by atoms with Crippen molar-refractivity contribution in [1.82, 2.24) is 0 Å². The van der Waals surface area contributed by atoms with Gasteiger partial charge in [0.05, 0.1) is 0 Å². The third-order valence-corrected chi connectivity index (χ3v) is 4.51. The van der Waals surface area contributed by atoms with Gasteiger partial charge in [-0.3, -0.25) is 4.79 Å². The quantitative estimate of drug-likeness (QED) is 0.743. The number of aryl methyl sites for hydroxylation is 2. The highest BCUT2D eigenvalue weighted by Gasteiger charge is 2.23. The Morgan fingerprint density at radius 1 is 0.864 bits per heavy atom. The number of hydrogen-bond donors (Lipinski definition) is 1. The number of benzene rings is 3. The van der Waals surface area contributed by atoms with E-state index in [-0.39, 0.29) is 5.78 Å². The van der Waals surface area contributed by atoms with Crippen LogP contribution in [0, 0.1) is 0 Å². The van der Waals surface area contributed by atoms with E-state index in [0.29, 0.717) is 11.1 Å². The molecular weight excluding hydrogens is 272 g/mol. The molecule has 0 spiro atoms. The highest BCUT2D eigenvalue weighted by Crippen LogP contribution is 2.34. The third kappa shape index (κ3) is 1.96. The molecule has 2 nitrogen and oxygen atoms in total. The predicted octanol–water partition coefficient (Wildman–Crippen LogP) is 3.85. The summed E-state index contributed by atoms with van der Waals surface area (Å²) in [6.45, 7) is 0. The summed E-state index contributed by atoms with van der Waals surface area (Å²) in [7, 11) is 0. The van der Waals surface area contributed by atoms with Crippen molar-refractivity contribution in [3.05, 3.63) is 82.9 Å². The summed E-state index contributed by atoms with van der Waals surface area (Å²) < 4.78 is 0. The van der Waals surface area contributed by atoms with Crippen LogP contribution in [0.4, 0.5) is 0 Å². The van der Waals surface area contributed by atoms with Crippen LogP contribution in [0.15, 0.2) is 60.7 Å². The first kappa shape index (κ1) is 13.2. The van der Waals surface area contributed by atoms with Gasteiger partial charge in [0, 0.05) is 5.56 Å². The maximum atomic E-state index is 12.8. The average molecular weight is 288 g/mol. The summed E-state index contributed by atoms with van der Waals surface area (Å²) in [5, 5.41) is 12.6. The molecule has 1 unspecified atom stereocenters. The van der Waals surface area contributed by atoms with Crippen LogP contribution < -0.4 is 0 Å². The van der Waals surface area contributed by atoms with Gasteiger partial charge in [0.25, 0.3) is 0 Å². The molecule has 0 saturated heterocycles. The van der Waals surface area contributed by atoms with Gasteiger partial charge in [0.1, 0.15) is 6.10 Å². The van der Waals surface area contributed by atoms with Gasteiger partial charge in [0.2, 0.25) is 0 Å². The Morgan fingerprint density at radius 2 is 1.59 bits per heavy atom. The SMILES string of the molecule is O=C(c1ccc2c3c(cccc13)CC2)C(O)c1ccccc1. The van der Waals surface area contributed by atoms with E-state index in [2.05, 4.69) is 6.07 Å². The van der Waals surface area contributed by atoms with E-state index in [0.717, 1.165) is 18.2 Å². The molecule has 1 aliphatic carbocycles. The van der Waals surface area contributed by atoms with Gasteiger partial charge < -0.3 is 5.11 Å². The molecule has 4 rings (SSSR count). The smallest absolute Gasteiger partial charge is 0.196 e. The number of ketones is 1. The zero-order chi connectivity index (χ0) is 15.1. The summed E-state index contributed by atoms with van der Waals surface area (Å²) in [4.78, 5) is 12.8. The molecule has 0 radical (unpaired) electrons. The third-order valence-electron chi connectivity index (χ3n) is 4.51. The van der Waals surface area contributed by atoms with E-state index in [4.69, 9.17) is 0 Å². The lowest BCUT2D eigenvalue weighted by molar-refractivity contribution is 0.0749. The predicted molar refractivity (Wildman–Crippen MR) is 87.1 cm³/mol. The lowest BCUT2D eigenvalue weighted by Crippen LogP contribution is -2.12.